The van der Waals surface area contributed by atoms with Gasteiger partial charge in [0.05, 0.1) is 12.9 Å². The first kappa shape index (κ1) is 9.70. The molecule has 5 nitrogen and oxygen atoms in total. The van der Waals surface area contributed by atoms with E-state index in [2.05, 4.69) is 19.9 Å². The first-order valence-electron chi connectivity index (χ1n) is 3.91. The van der Waals surface area contributed by atoms with Gasteiger partial charge in [0, 0.05) is 5.75 Å². The summed E-state index contributed by atoms with van der Waals surface area (Å²) in [6.07, 6.45) is 1.54. The van der Waals surface area contributed by atoms with Crippen LogP contribution in [0.25, 0.3) is 11.2 Å². The molecule has 0 aliphatic carbocycles. The third-order valence-electron chi connectivity index (χ3n) is 1.56. The highest BCUT2D eigenvalue weighted by atomic mass is 35.5. The highest BCUT2D eigenvalue weighted by molar-refractivity contribution is 7.99. The maximum absolute atomic E-state index is 8.70. The number of imidazole rings is 1. The summed E-state index contributed by atoms with van der Waals surface area (Å²) in [6.45, 7) is 0.0991. The van der Waals surface area contributed by atoms with Crippen LogP contribution in [0.2, 0.25) is 5.28 Å². The molecule has 0 amide bonds. The molecule has 0 fully saturated rings. The van der Waals surface area contributed by atoms with Crippen molar-refractivity contribution in [1.82, 2.24) is 19.9 Å². The molecule has 74 valence electrons. The van der Waals surface area contributed by atoms with Crippen LogP contribution in [0.3, 0.4) is 0 Å². The summed E-state index contributed by atoms with van der Waals surface area (Å²) in [6, 6.07) is 0. The van der Waals surface area contributed by atoms with Crippen LogP contribution in [0.15, 0.2) is 11.4 Å². The van der Waals surface area contributed by atoms with E-state index in [0.29, 0.717) is 16.4 Å². The molecule has 2 N–H and O–H groups in total. The third-order valence-corrected chi connectivity index (χ3v) is 2.68. The van der Waals surface area contributed by atoms with E-state index in [9.17, 15) is 0 Å². The number of H-pyrrole nitrogens is 1. The van der Waals surface area contributed by atoms with Crippen molar-refractivity contribution in [2.75, 3.05) is 12.4 Å². The van der Waals surface area contributed by atoms with Gasteiger partial charge in [-0.2, -0.15) is 4.98 Å². The van der Waals surface area contributed by atoms with Crippen molar-refractivity contribution in [3.63, 3.8) is 0 Å². The second-order valence-electron chi connectivity index (χ2n) is 2.47. The van der Waals surface area contributed by atoms with Crippen LogP contribution < -0.4 is 0 Å². The van der Waals surface area contributed by atoms with Gasteiger partial charge in [0.25, 0.3) is 0 Å². The summed E-state index contributed by atoms with van der Waals surface area (Å²) in [7, 11) is 0. The zero-order valence-electron chi connectivity index (χ0n) is 7.07. The van der Waals surface area contributed by atoms with Gasteiger partial charge in [0.15, 0.2) is 5.65 Å². The summed E-state index contributed by atoms with van der Waals surface area (Å²) in [5, 5.41) is 9.58. The van der Waals surface area contributed by atoms with Crippen molar-refractivity contribution in [2.45, 2.75) is 5.03 Å². The highest BCUT2D eigenvalue weighted by Gasteiger charge is 2.08. The molecule has 7 heteroatoms. The Hall–Kier alpha value is -0.850. The predicted molar refractivity (Wildman–Crippen MR) is 54.5 cm³/mol. The Morgan fingerprint density at radius 1 is 1.50 bits per heavy atom. The number of thioether (sulfide) groups is 1. The zero-order valence-corrected chi connectivity index (χ0v) is 8.64. The van der Waals surface area contributed by atoms with Crippen molar-refractivity contribution in [3.05, 3.63) is 11.6 Å². The number of rotatable bonds is 3. The molecule has 0 atom stereocenters. The van der Waals surface area contributed by atoms with Crippen LogP contribution in [-0.2, 0) is 0 Å². The number of halogens is 1. The fraction of sp³-hybridized carbons (Fsp3) is 0.286. The second kappa shape index (κ2) is 4.12. The van der Waals surface area contributed by atoms with Gasteiger partial charge in [0.1, 0.15) is 10.5 Å². The van der Waals surface area contributed by atoms with Gasteiger partial charge >= 0.3 is 0 Å². The first-order chi connectivity index (χ1) is 6.81. The quantitative estimate of drug-likeness (QED) is 0.469. The summed E-state index contributed by atoms with van der Waals surface area (Å²) in [5.41, 5.74) is 1.30. The normalized spacial score (nSPS) is 11.0. The summed E-state index contributed by atoms with van der Waals surface area (Å²) < 4.78 is 0. The van der Waals surface area contributed by atoms with Crippen molar-refractivity contribution in [1.29, 1.82) is 0 Å². The molecule has 0 saturated carbocycles. The number of nitrogens with zero attached hydrogens (tertiary/aromatic N) is 3. The van der Waals surface area contributed by atoms with E-state index < -0.39 is 0 Å². The first-order valence-corrected chi connectivity index (χ1v) is 5.28. The molecule has 0 bridgehead atoms. The molecular weight excluding hydrogens is 224 g/mol. The van der Waals surface area contributed by atoms with Crippen LogP contribution in [0.1, 0.15) is 0 Å². The lowest BCUT2D eigenvalue weighted by atomic mass is 10.6. The van der Waals surface area contributed by atoms with E-state index in [0.717, 1.165) is 5.52 Å². The topological polar surface area (TPSA) is 74.7 Å². The molecule has 2 rings (SSSR count). The molecule has 2 aromatic heterocycles. The number of nitrogens with one attached hydrogen (secondary N) is 1. The fourth-order valence-corrected chi connectivity index (χ4v) is 1.97. The van der Waals surface area contributed by atoms with Gasteiger partial charge in [-0.25, -0.2) is 9.97 Å². The number of hydrogen-bond acceptors (Lipinski definition) is 5. The van der Waals surface area contributed by atoms with E-state index in [1.54, 1.807) is 6.33 Å². The number of aliphatic hydroxyl groups excluding tert-OH is 1. The predicted octanol–water partition coefficient (Wildman–Crippen LogP) is 1.09. The lowest BCUT2D eigenvalue weighted by Crippen LogP contribution is -1.92. The third kappa shape index (κ3) is 1.82. The van der Waals surface area contributed by atoms with Gasteiger partial charge in [-0.15, -0.1) is 11.8 Å². The van der Waals surface area contributed by atoms with E-state index in [4.69, 9.17) is 16.7 Å². The SMILES string of the molecule is OCCSc1nc(Cl)nc2nc[nH]c12. The van der Waals surface area contributed by atoms with Crippen LogP contribution in [0, 0.1) is 0 Å². The lowest BCUT2D eigenvalue weighted by molar-refractivity contribution is 0.322. The van der Waals surface area contributed by atoms with Gasteiger partial charge in [0.2, 0.25) is 5.28 Å². The zero-order chi connectivity index (χ0) is 9.97. The molecule has 0 unspecified atom stereocenters. The van der Waals surface area contributed by atoms with Crippen LogP contribution >= 0.6 is 23.4 Å². The average Bonchev–Trinajstić information content (AvgIpc) is 2.61. The molecule has 2 heterocycles. The van der Waals surface area contributed by atoms with Crippen molar-refractivity contribution in [3.8, 4) is 0 Å². The average molecular weight is 231 g/mol. The smallest absolute Gasteiger partial charge is 0.225 e. The van der Waals surface area contributed by atoms with Gasteiger partial charge in [-0.05, 0) is 11.6 Å². The minimum atomic E-state index is 0.0991. The molecule has 2 aromatic rings. The Kier molecular flexibility index (Phi) is 2.85. The number of aliphatic hydroxyl groups is 1. The van der Waals surface area contributed by atoms with Crippen molar-refractivity contribution in [2.24, 2.45) is 0 Å². The molecule has 0 aliphatic heterocycles. The van der Waals surface area contributed by atoms with Crippen LogP contribution in [0.5, 0.6) is 0 Å². The molecular formula is C7H7ClN4OS. The van der Waals surface area contributed by atoms with E-state index >= 15 is 0 Å². The Morgan fingerprint density at radius 2 is 2.36 bits per heavy atom. The second-order valence-corrected chi connectivity index (χ2v) is 3.89. The molecule has 14 heavy (non-hydrogen) atoms. The van der Waals surface area contributed by atoms with Crippen LogP contribution in [-0.4, -0.2) is 37.4 Å². The standard InChI is InChI=1S/C7H7ClN4OS/c8-7-11-5-4(9-3-10-5)6(12-7)14-2-1-13/h3,13H,1-2H2,(H,9,10,11,12). The molecule has 0 aliphatic rings. The lowest BCUT2D eigenvalue weighted by Gasteiger charge is -1.99. The Morgan fingerprint density at radius 3 is 3.14 bits per heavy atom. The summed E-state index contributed by atoms with van der Waals surface area (Å²) in [5.74, 6) is 0.571. The number of fused-ring (bicyclic) bond motifs is 1. The maximum atomic E-state index is 8.70. The Labute approximate surface area is 88.9 Å². The van der Waals surface area contributed by atoms with Gasteiger partial charge in [-0.1, -0.05) is 0 Å². The number of aromatic nitrogens is 4. The summed E-state index contributed by atoms with van der Waals surface area (Å²) in [4.78, 5) is 14.9. The van der Waals surface area contributed by atoms with Gasteiger partial charge < -0.3 is 10.1 Å². The molecule has 0 saturated heterocycles. The van der Waals surface area contributed by atoms with E-state index in [1.165, 1.54) is 11.8 Å². The molecule has 0 radical (unpaired) electrons. The largest absolute Gasteiger partial charge is 0.396 e. The fourth-order valence-electron chi connectivity index (χ4n) is 1.03. The van der Waals surface area contributed by atoms with E-state index in [-0.39, 0.29) is 11.9 Å². The summed E-state index contributed by atoms with van der Waals surface area (Å²) >= 11 is 7.12. The Balaban J connectivity index is 2.44. The van der Waals surface area contributed by atoms with Gasteiger partial charge in [-0.3, -0.25) is 0 Å². The van der Waals surface area contributed by atoms with Crippen LogP contribution in [0.4, 0.5) is 0 Å². The van der Waals surface area contributed by atoms with Crippen molar-refractivity contribution >= 4 is 34.5 Å². The minimum Gasteiger partial charge on any atom is -0.396 e. The highest BCUT2D eigenvalue weighted by Crippen LogP contribution is 2.23. The molecule has 0 aromatic carbocycles. The van der Waals surface area contributed by atoms with E-state index in [1.807, 2.05) is 0 Å². The number of aromatic amines is 1. The number of hydrogen-bond donors (Lipinski definition) is 2. The van der Waals surface area contributed by atoms with Crippen molar-refractivity contribution < 1.29 is 5.11 Å². The Bertz CT molecular complexity index is 446. The maximum Gasteiger partial charge on any atom is 0.225 e. The monoisotopic (exact) mass is 230 g/mol. The minimum absolute atomic E-state index is 0.0991. The molecule has 0 spiro atoms.